The Morgan fingerprint density at radius 1 is 1.54 bits per heavy atom. The first-order chi connectivity index (χ1) is 6.10. The Morgan fingerprint density at radius 3 is 2.54 bits per heavy atom. The Morgan fingerprint density at radius 2 is 2.15 bits per heavy atom. The normalized spacial score (nSPS) is 43.2. The van der Waals surface area contributed by atoms with Crippen LogP contribution in [0.15, 0.2) is 0 Å². The van der Waals surface area contributed by atoms with Crippen LogP contribution < -0.4 is 11.1 Å². The standard InChI is InChI=1S/C9H17N3O/c1-9(11-8(10)13)6-12-4-2-7(9)3-5-12/h7H,2-6H2,1H3,(H3,10,11,13). The van der Waals surface area contributed by atoms with Crippen LogP contribution in [-0.4, -0.2) is 36.1 Å². The minimum absolute atomic E-state index is 0.0810. The van der Waals surface area contributed by atoms with Gasteiger partial charge in [0.2, 0.25) is 0 Å². The van der Waals surface area contributed by atoms with Gasteiger partial charge < -0.3 is 16.0 Å². The molecule has 0 spiro atoms. The van der Waals surface area contributed by atoms with Crippen LogP contribution in [0.3, 0.4) is 0 Å². The van der Waals surface area contributed by atoms with Gasteiger partial charge in [0, 0.05) is 6.54 Å². The lowest BCUT2D eigenvalue weighted by molar-refractivity contribution is 0.0236. The van der Waals surface area contributed by atoms with Crippen molar-refractivity contribution in [3.63, 3.8) is 0 Å². The summed E-state index contributed by atoms with van der Waals surface area (Å²) in [4.78, 5) is 13.2. The molecule has 13 heavy (non-hydrogen) atoms. The molecule has 1 atom stereocenters. The average molecular weight is 183 g/mol. The Hall–Kier alpha value is -0.770. The summed E-state index contributed by atoms with van der Waals surface area (Å²) in [6, 6.07) is -0.392. The fourth-order valence-electron chi connectivity index (χ4n) is 2.74. The van der Waals surface area contributed by atoms with E-state index in [0.29, 0.717) is 5.92 Å². The van der Waals surface area contributed by atoms with Crippen LogP contribution in [0.2, 0.25) is 0 Å². The highest BCUT2D eigenvalue weighted by Gasteiger charge is 2.43. The summed E-state index contributed by atoms with van der Waals surface area (Å²) in [5.74, 6) is 0.616. The number of fused-ring (bicyclic) bond motifs is 3. The fraction of sp³-hybridized carbons (Fsp3) is 0.889. The first kappa shape index (κ1) is 8.81. The zero-order valence-corrected chi connectivity index (χ0v) is 8.05. The minimum atomic E-state index is -0.392. The van der Waals surface area contributed by atoms with Gasteiger partial charge in [0.05, 0.1) is 5.54 Å². The van der Waals surface area contributed by atoms with Gasteiger partial charge in [-0.1, -0.05) is 0 Å². The van der Waals surface area contributed by atoms with E-state index in [1.54, 1.807) is 0 Å². The van der Waals surface area contributed by atoms with Gasteiger partial charge in [-0.2, -0.15) is 0 Å². The molecule has 0 aromatic heterocycles. The highest BCUT2D eigenvalue weighted by molar-refractivity contribution is 5.72. The highest BCUT2D eigenvalue weighted by Crippen LogP contribution is 2.34. The molecule has 4 nitrogen and oxygen atoms in total. The summed E-state index contributed by atoms with van der Waals surface area (Å²) in [6.07, 6.45) is 2.38. The van der Waals surface area contributed by atoms with Crippen LogP contribution in [0, 0.1) is 5.92 Å². The number of carbonyl (C=O) groups is 1. The number of primary amides is 1. The highest BCUT2D eigenvalue weighted by atomic mass is 16.2. The number of urea groups is 1. The van der Waals surface area contributed by atoms with E-state index in [9.17, 15) is 4.79 Å². The second-order valence-corrected chi connectivity index (χ2v) is 4.46. The van der Waals surface area contributed by atoms with Gasteiger partial charge in [-0.3, -0.25) is 0 Å². The third-order valence-corrected chi connectivity index (χ3v) is 3.45. The molecule has 0 aliphatic carbocycles. The van der Waals surface area contributed by atoms with Crippen molar-refractivity contribution in [3.05, 3.63) is 0 Å². The van der Waals surface area contributed by atoms with Crippen molar-refractivity contribution in [2.24, 2.45) is 11.7 Å². The maximum absolute atomic E-state index is 10.8. The van der Waals surface area contributed by atoms with Crippen molar-refractivity contribution >= 4 is 6.03 Å². The first-order valence-electron chi connectivity index (χ1n) is 4.90. The van der Waals surface area contributed by atoms with Crippen molar-refractivity contribution in [1.82, 2.24) is 10.2 Å². The molecule has 3 heterocycles. The van der Waals surface area contributed by atoms with Gasteiger partial charge in [-0.15, -0.1) is 0 Å². The molecule has 2 amide bonds. The molecule has 0 aromatic rings. The number of amides is 2. The van der Waals surface area contributed by atoms with Crippen molar-refractivity contribution in [2.75, 3.05) is 19.6 Å². The molecule has 3 saturated heterocycles. The number of nitrogens with two attached hydrogens (primary N) is 1. The number of nitrogens with one attached hydrogen (secondary N) is 1. The van der Waals surface area contributed by atoms with Gasteiger partial charge >= 0.3 is 6.03 Å². The van der Waals surface area contributed by atoms with E-state index in [2.05, 4.69) is 17.1 Å². The predicted molar refractivity (Wildman–Crippen MR) is 50.3 cm³/mol. The van der Waals surface area contributed by atoms with Crippen LogP contribution in [0.4, 0.5) is 4.79 Å². The van der Waals surface area contributed by atoms with Crippen LogP contribution in [0.5, 0.6) is 0 Å². The molecular formula is C9H17N3O. The molecule has 0 radical (unpaired) electrons. The maximum Gasteiger partial charge on any atom is 0.312 e. The largest absolute Gasteiger partial charge is 0.352 e. The summed E-state index contributed by atoms with van der Waals surface area (Å²) >= 11 is 0. The Bertz CT molecular complexity index is 223. The maximum atomic E-state index is 10.8. The molecule has 3 fully saturated rings. The lowest BCUT2D eigenvalue weighted by atomic mass is 9.74. The van der Waals surface area contributed by atoms with E-state index in [0.717, 1.165) is 6.54 Å². The lowest BCUT2D eigenvalue weighted by Crippen LogP contribution is -2.66. The smallest absolute Gasteiger partial charge is 0.312 e. The van der Waals surface area contributed by atoms with Crippen molar-refractivity contribution < 1.29 is 4.79 Å². The summed E-state index contributed by atoms with van der Waals surface area (Å²) in [7, 11) is 0. The molecule has 3 N–H and O–H groups in total. The van der Waals surface area contributed by atoms with Gasteiger partial charge in [0.15, 0.2) is 0 Å². The van der Waals surface area contributed by atoms with E-state index < -0.39 is 6.03 Å². The molecule has 3 aliphatic rings. The number of nitrogens with zero attached hydrogens (tertiary/aromatic N) is 1. The second kappa shape index (κ2) is 2.87. The molecule has 2 bridgehead atoms. The van der Waals surface area contributed by atoms with Crippen molar-refractivity contribution in [2.45, 2.75) is 25.3 Å². The quantitative estimate of drug-likeness (QED) is 0.607. The zero-order valence-electron chi connectivity index (χ0n) is 8.05. The molecule has 0 aromatic carbocycles. The number of hydrogen-bond acceptors (Lipinski definition) is 2. The van der Waals surface area contributed by atoms with E-state index in [1.807, 2.05) is 0 Å². The number of carbonyl (C=O) groups excluding carboxylic acids is 1. The van der Waals surface area contributed by atoms with Gasteiger partial charge in [0.1, 0.15) is 0 Å². The molecular weight excluding hydrogens is 166 g/mol. The van der Waals surface area contributed by atoms with Crippen molar-refractivity contribution in [1.29, 1.82) is 0 Å². The van der Waals surface area contributed by atoms with E-state index in [4.69, 9.17) is 5.73 Å². The Kier molecular flexibility index (Phi) is 1.95. The number of hydrogen-bond donors (Lipinski definition) is 2. The molecule has 3 aliphatic heterocycles. The molecule has 0 saturated carbocycles. The monoisotopic (exact) mass is 183 g/mol. The average Bonchev–Trinajstić information content (AvgIpc) is 2.03. The Balaban J connectivity index is 2.09. The molecule has 3 rings (SSSR count). The minimum Gasteiger partial charge on any atom is -0.352 e. The summed E-state index contributed by atoms with van der Waals surface area (Å²) in [5, 5.41) is 2.89. The summed E-state index contributed by atoms with van der Waals surface area (Å²) in [5.41, 5.74) is 5.09. The topological polar surface area (TPSA) is 58.4 Å². The second-order valence-electron chi connectivity index (χ2n) is 4.46. The van der Waals surface area contributed by atoms with Crippen LogP contribution in [0.1, 0.15) is 19.8 Å². The van der Waals surface area contributed by atoms with Gasteiger partial charge in [-0.25, -0.2) is 4.79 Å². The molecule has 1 unspecified atom stereocenters. The van der Waals surface area contributed by atoms with Crippen molar-refractivity contribution in [3.8, 4) is 0 Å². The molecule has 4 heteroatoms. The number of piperidine rings is 3. The molecule has 74 valence electrons. The summed E-state index contributed by atoms with van der Waals surface area (Å²) < 4.78 is 0. The lowest BCUT2D eigenvalue weighted by Gasteiger charge is -2.51. The van der Waals surface area contributed by atoms with E-state index >= 15 is 0 Å². The van der Waals surface area contributed by atoms with Crippen LogP contribution >= 0.6 is 0 Å². The summed E-state index contributed by atoms with van der Waals surface area (Å²) in [6.45, 7) is 5.43. The van der Waals surface area contributed by atoms with Gasteiger partial charge in [0.25, 0.3) is 0 Å². The van der Waals surface area contributed by atoms with Crippen LogP contribution in [0.25, 0.3) is 0 Å². The van der Waals surface area contributed by atoms with E-state index in [1.165, 1.54) is 25.9 Å². The fourth-order valence-corrected chi connectivity index (χ4v) is 2.74. The van der Waals surface area contributed by atoms with Crippen LogP contribution in [-0.2, 0) is 0 Å². The first-order valence-corrected chi connectivity index (χ1v) is 4.90. The zero-order chi connectivity index (χ0) is 9.47. The van der Waals surface area contributed by atoms with E-state index in [-0.39, 0.29) is 5.54 Å². The Labute approximate surface area is 78.5 Å². The SMILES string of the molecule is CC1(NC(N)=O)CN2CCC1CC2. The third kappa shape index (κ3) is 1.50. The predicted octanol–water partition coefficient (Wildman–Crippen LogP) is 0.139. The van der Waals surface area contributed by atoms with Gasteiger partial charge in [-0.05, 0) is 38.8 Å². The number of rotatable bonds is 1. The third-order valence-electron chi connectivity index (χ3n) is 3.45.